The Morgan fingerprint density at radius 2 is 0.843 bits per heavy atom. The Balaban J connectivity index is 0.000000147. The fourth-order valence-electron chi connectivity index (χ4n) is 5.13. The van der Waals surface area contributed by atoms with Gasteiger partial charge in [0.25, 0.3) is 0 Å². The van der Waals surface area contributed by atoms with Gasteiger partial charge in [-0.25, -0.2) is 10.8 Å². The molecule has 0 unspecified atom stereocenters. The van der Waals surface area contributed by atoms with E-state index in [1.54, 1.807) is 29.9 Å². The number of benzene rings is 4. The van der Waals surface area contributed by atoms with Crippen molar-refractivity contribution in [2.24, 2.45) is 0 Å². The summed E-state index contributed by atoms with van der Waals surface area (Å²) in [5, 5.41) is 2.39. The molecule has 0 saturated heterocycles. The smallest absolute Gasteiger partial charge is 0.295 e. The SMILES string of the molecule is [Pt+2].[Pt+2].[c-]1c(-c2ccccn2)cccc1-c1ccccn1.[c-]1cccc2sc3ccc[c-]c3c12.[c-]1ccccc1-c1cccc(-c2ccccn2)n1. The minimum atomic E-state index is 0. The summed E-state index contributed by atoms with van der Waals surface area (Å²) >= 11 is 1.80. The summed E-state index contributed by atoms with van der Waals surface area (Å²) < 4.78 is 2.58. The van der Waals surface area contributed by atoms with Crippen molar-refractivity contribution in [2.45, 2.75) is 0 Å². The van der Waals surface area contributed by atoms with E-state index in [4.69, 9.17) is 0 Å². The van der Waals surface area contributed by atoms with Gasteiger partial charge in [-0.3, -0.25) is 31.3 Å². The quantitative estimate of drug-likeness (QED) is 0.165. The van der Waals surface area contributed by atoms with Crippen LogP contribution in [0.4, 0.5) is 0 Å². The molecule has 4 nitrogen and oxygen atoms in total. The Kier molecular flexibility index (Phi) is 13.8. The molecule has 0 radical (unpaired) electrons. The molecule has 0 amide bonds. The third kappa shape index (κ3) is 9.66. The first kappa shape index (κ1) is 37.3. The average Bonchev–Trinajstić information content (AvgIpc) is 3.59. The fourth-order valence-corrected chi connectivity index (χ4v) is 6.18. The second-order valence-corrected chi connectivity index (χ2v) is 11.8. The zero-order valence-electron chi connectivity index (χ0n) is 27.0. The molecule has 0 aliphatic carbocycles. The van der Waals surface area contributed by atoms with E-state index in [9.17, 15) is 0 Å². The van der Waals surface area contributed by atoms with E-state index in [0.717, 1.165) is 45.2 Å². The van der Waals surface area contributed by atoms with E-state index >= 15 is 0 Å². The van der Waals surface area contributed by atoms with Crippen LogP contribution in [-0.4, -0.2) is 19.9 Å². The van der Waals surface area contributed by atoms with Crippen molar-refractivity contribution in [1.29, 1.82) is 0 Å². The molecule has 5 aromatic heterocycles. The Labute approximate surface area is 330 Å². The number of nitrogens with zero attached hydrogens (tertiary/aromatic N) is 4. The topological polar surface area (TPSA) is 51.6 Å². The molecule has 0 aliphatic heterocycles. The van der Waals surface area contributed by atoms with Crippen LogP contribution in [0.1, 0.15) is 0 Å². The molecule has 0 atom stereocenters. The van der Waals surface area contributed by atoms with Crippen LogP contribution >= 0.6 is 11.3 Å². The number of rotatable bonds is 4. The van der Waals surface area contributed by atoms with Crippen LogP contribution in [-0.2, 0) is 42.1 Å². The van der Waals surface area contributed by atoms with Crippen LogP contribution < -0.4 is 0 Å². The molecule has 5 heterocycles. The molecule has 7 heteroatoms. The van der Waals surface area contributed by atoms with Gasteiger partial charge in [0.2, 0.25) is 0 Å². The molecule has 250 valence electrons. The van der Waals surface area contributed by atoms with Crippen molar-refractivity contribution >= 4 is 31.5 Å². The van der Waals surface area contributed by atoms with Crippen LogP contribution in [0.5, 0.6) is 0 Å². The number of hydrogen-bond acceptors (Lipinski definition) is 5. The molecule has 0 bridgehead atoms. The van der Waals surface area contributed by atoms with Crippen LogP contribution in [0, 0.1) is 24.3 Å². The number of hydrogen-bond donors (Lipinski definition) is 0. The van der Waals surface area contributed by atoms with Gasteiger partial charge < -0.3 is 0 Å². The number of pyridine rings is 4. The summed E-state index contributed by atoms with van der Waals surface area (Å²) in [5.74, 6) is 0. The maximum Gasteiger partial charge on any atom is 2.00 e. The molecule has 4 aromatic carbocycles. The van der Waals surface area contributed by atoms with Crippen molar-refractivity contribution < 1.29 is 42.1 Å². The average molecular weight is 1030 g/mol. The molecular formula is C44H28N4Pt2S. The van der Waals surface area contributed by atoms with Crippen LogP contribution in [0.3, 0.4) is 0 Å². The largest absolute Gasteiger partial charge is 2.00 e. The first-order chi connectivity index (χ1) is 24.3. The number of thiophene rings is 1. The molecule has 9 rings (SSSR count). The first-order valence-corrected chi connectivity index (χ1v) is 16.5. The zero-order chi connectivity index (χ0) is 33.1. The molecule has 0 fully saturated rings. The van der Waals surface area contributed by atoms with Gasteiger partial charge in [-0.2, -0.15) is 24.3 Å². The van der Waals surface area contributed by atoms with Crippen LogP contribution in [0.2, 0.25) is 0 Å². The Morgan fingerprint density at radius 3 is 1.37 bits per heavy atom. The molecule has 51 heavy (non-hydrogen) atoms. The third-order valence-corrected chi connectivity index (χ3v) is 8.56. The van der Waals surface area contributed by atoms with E-state index in [2.05, 4.69) is 56.3 Å². The Hall–Kier alpha value is -4.92. The minimum Gasteiger partial charge on any atom is -0.295 e. The summed E-state index contributed by atoms with van der Waals surface area (Å²) in [6.07, 6.45) is 5.35. The molecule has 9 aromatic rings. The summed E-state index contributed by atoms with van der Waals surface area (Å²) in [7, 11) is 0. The molecule has 0 saturated carbocycles. The van der Waals surface area contributed by atoms with Gasteiger partial charge in [-0.1, -0.05) is 53.6 Å². The van der Waals surface area contributed by atoms with E-state index in [1.807, 2.05) is 140 Å². The van der Waals surface area contributed by atoms with E-state index in [-0.39, 0.29) is 42.1 Å². The molecule has 0 spiro atoms. The summed E-state index contributed by atoms with van der Waals surface area (Å²) in [6.45, 7) is 0. The summed E-state index contributed by atoms with van der Waals surface area (Å²) in [4.78, 5) is 17.6. The minimum absolute atomic E-state index is 0. The van der Waals surface area contributed by atoms with Gasteiger partial charge in [-0.05, 0) is 36.0 Å². The van der Waals surface area contributed by atoms with Gasteiger partial charge in [0.1, 0.15) is 0 Å². The standard InChI is InChI=1S/2C16H11N2.C12H6S.2Pt/c1-3-10-17-15(8-1)13-6-5-7-14(12-13)16-9-2-4-11-18-16;1-2-7-13(8-3-1)14-10-6-11-16(18-14)15-9-4-5-12-17-15;1-3-7-11-9(5-1)10-6-2-4-8-12(10)13-11;;/h1-11H;1-7,9-12H;1-4,7-8H;;/q2*-1;-2;2*+2. The third-order valence-electron chi connectivity index (χ3n) is 7.44. The van der Waals surface area contributed by atoms with Crippen molar-refractivity contribution in [3.63, 3.8) is 0 Å². The predicted octanol–water partition coefficient (Wildman–Crippen LogP) is 10.9. The second kappa shape index (κ2) is 18.9. The monoisotopic (exact) mass is 1030 g/mol. The predicted molar refractivity (Wildman–Crippen MR) is 200 cm³/mol. The van der Waals surface area contributed by atoms with Crippen molar-refractivity contribution in [3.8, 4) is 45.2 Å². The van der Waals surface area contributed by atoms with Crippen LogP contribution in [0.25, 0.3) is 65.3 Å². The van der Waals surface area contributed by atoms with E-state index in [0.29, 0.717) is 0 Å². The first-order valence-electron chi connectivity index (χ1n) is 15.7. The molecular weight excluding hydrogens is 1010 g/mol. The van der Waals surface area contributed by atoms with Gasteiger partial charge in [-0.15, -0.1) is 93.8 Å². The van der Waals surface area contributed by atoms with Gasteiger partial charge in [0.05, 0.1) is 11.4 Å². The van der Waals surface area contributed by atoms with Gasteiger partial charge in [0, 0.05) is 30.0 Å². The maximum absolute atomic E-state index is 4.62. The number of fused-ring (bicyclic) bond motifs is 3. The molecule has 0 aliphatic rings. The van der Waals surface area contributed by atoms with Gasteiger partial charge >= 0.3 is 42.1 Å². The van der Waals surface area contributed by atoms with Crippen molar-refractivity contribution in [1.82, 2.24) is 19.9 Å². The molecule has 0 N–H and O–H groups in total. The number of aromatic nitrogens is 4. The Bertz CT molecular complexity index is 2110. The second-order valence-electron chi connectivity index (χ2n) is 10.7. The van der Waals surface area contributed by atoms with Crippen molar-refractivity contribution in [2.75, 3.05) is 0 Å². The van der Waals surface area contributed by atoms with Crippen molar-refractivity contribution in [3.05, 3.63) is 195 Å². The normalized spacial score (nSPS) is 10.0. The van der Waals surface area contributed by atoms with E-state index in [1.165, 1.54) is 20.2 Å². The summed E-state index contributed by atoms with van der Waals surface area (Å²) in [6, 6.07) is 62.6. The summed E-state index contributed by atoms with van der Waals surface area (Å²) in [5.41, 5.74) is 7.50. The van der Waals surface area contributed by atoms with Gasteiger partial charge in [0.15, 0.2) is 0 Å². The van der Waals surface area contributed by atoms with E-state index < -0.39 is 0 Å². The Morgan fingerprint density at radius 1 is 0.373 bits per heavy atom. The zero-order valence-corrected chi connectivity index (χ0v) is 32.4. The van der Waals surface area contributed by atoms with Crippen LogP contribution in [0.15, 0.2) is 170 Å². The fraction of sp³-hybridized carbons (Fsp3) is 0. The maximum atomic E-state index is 4.62.